The molecule has 0 rings (SSSR count). The van der Waals surface area contributed by atoms with Gasteiger partial charge in [-0.3, -0.25) is 4.21 Å². The molecule has 0 aliphatic rings. The molecule has 0 aromatic rings. The molecule has 0 saturated heterocycles. The third kappa shape index (κ3) is 26.0. The minimum Gasteiger partial charge on any atom is -0.260 e. The van der Waals surface area contributed by atoms with Crippen LogP contribution in [0.3, 0.4) is 0 Å². The van der Waals surface area contributed by atoms with Gasteiger partial charge in [0.15, 0.2) is 0 Å². The van der Waals surface area contributed by atoms with Crippen molar-refractivity contribution in [2.75, 3.05) is 12.5 Å². The van der Waals surface area contributed by atoms with Gasteiger partial charge in [0.2, 0.25) is 0 Å². The van der Waals surface area contributed by atoms with Crippen molar-refractivity contribution in [3.63, 3.8) is 0 Å². The van der Waals surface area contributed by atoms with Crippen LogP contribution < -0.4 is 51.4 Å². The summed E-state index contributed by atoms with van der Waals surface area (Å²) in [5.41, 5.74) is 0. The zero-order valence-corrected chi connectivity index (χ0v) is 7.76. The Morgan fingerprint density at radius 3 is 1.40 bits per heavy atom. The maximum absolute atomic E-state index is 9.56. The Labute approximate surface area is 77.4 Å². The average Bonchev–Trinajstić information content (AvgIpc) is 0.811. The van der Waals surface area contributed by atoms with Gasteiger partial charge in [-0.15, -0.1) is 0 Å². The van der Waals surface area contributed by atoms with Crippen molar-refractivity contribution in [1.82, 2.24) is 0 Å². The average molecular weight is 117 g/mol. The van der Waals surface area contributed by atoms with Gasteiger partial charge in [0.05, 0.1) is 0 Å². The zero-order valence-electron chi connectivity index (χ0n) is 3.82. The van der Waals surface area contributed by atoms with Crippen molar-refractivity contribution in [3.8, 4) is 0 Å². The van der Waals surface area contributed by atoms with E-state index in [9.17, 15) is 4.21 Å². The van der Waals surface area contributed by atoms with E-state index < -0.39 is 10.8 Å². The summed E-state index contributed by atoms with van der Waals surface area (Å²) in [6.07, 6.45) is 3.28. The fourth-order valence-electron chi connectivity index (χ4n) is 0. The summed E-state index contributed by atoms with van der Waals surface area (Å²) in [5.74, 6) is 0. The predicted octanol–water partition coefficient (Wildman–Crippen LogP) is -3.00. The molecule has 0 heterocycles. The Morgan fingerprint density at radius 2 is 1.40 bits per heavy atom. The van der Waals surface area contributed by atoms with Crippen LogP contribution in [-0.2, 0) is 10.8 Å². The van der Waals surface area contributed by atoms with Crippen LogP contribution in [0.15, 0.2) is 0 Å². The van der Waals surface area contributed by atoms with Crippen LogP contribution >= 0.6 is 0 Å². The van der Waals surface area contributed by atoms with Crippen LogP contribution in [0.2, 0.25) is 0 Å². The van der Waals surface area contributed by atoms with E-state index in [-0.39, 0.29) is 51.4 Å². The van der Waals surface area contributed by atoms with Gasteiger partial charge in [0, 0.05) is 23.3 Å². The first kappa shape index (κ1) is 9.92. The molecule has 0 radical (unpaired) electrons. The van der Waals surface area contributed by atoms with Crippen LogP contribution in [0.4, 0.5) is 0 Å². The van der Waals surface area contributed by atoms with Gasteiger partial charge in [-0.05, 0) is 0 Å². The minimum absolute atomic E-state index is 0. The Hall–Kier alpha value is 1.79. The number of rotatable bonds is 0. The van der Waals surface area contributed by atoms with E-state index >= 15 is 0 Å². The smallest absolute Gasteiger partial charge is 0.260 e. The molecule has 0 unspecified atom stereocenters. The maximum Gasteiger partial charge on any atom is 1.00 e. The number of hydrogen-bond acceptors (Lipinski definition) is 1. The van der Waals surface area contributed by atoms with Gasteiger partial charge in [-0.2, -0.15) is 0 Å². The first-order valence-electron chi connectivity index (χ1n) is 0.983. The maximum atomic E-state index is 9.56. The molecule has 0 amide bonds. The summed E-state index contributed by atoms with van der Waals surface area (Å²) >= 11 is 0. The standard InChI is InChI=1S/C2H6OS.K/c1-4(2)3;/h1-2H3;/q;+1. The van der Waals surface area contributed by atoms with Crippen LogP contribution in [0.1, 0.15) is 0 Å². The topological polar surface area (TPSA) is 17.1 Å². The van der Waals surface area contributed by atoms with Gasteiger partial charge in [-0.25, -0.2) is 0 Å². The van der Waals surface area contributed by atoms with Gasteiger partial charge in [-0.1, -0.05) is 0 Å². The molecule has 3 heteroatoms. The fourth-order valence-corrected chi connectivity index (χ4v) is 0. The van der Waals surface area contributed by atoms with E-state index in [4.69, 9.17) is 0 Å². The largest absolute Gasteiger partial charge is 1.00 e. The molecule has 0 N–H and O–H groups in total. The van der Waals surface area contributed by atoms with Gasteiger partial charge < -0.3 is 0 Å². The molecule has 0 spiro atoms. The molecule has 0 fully saturated rings. The number of hydrogen-bond donors (Lipinski definition) is 0. The van der Waals surface area contributed by atoms with Crippen molar-refractivity contribution >= 4 is 10.8 Å². The molecule has 0 bridgehead atoms. The summed E-state index contributed by atoms with van der Waals surface area (Å²) < 4.78 is 9.56. The van der Waals surface area contributed by atoms with Crippen LogP contribution in [-0.4, -0.2) is 16.7 Å². The monoisotopic (exact) mass is 117 g/mol. The van der Waals surface area contributed by atoms with Crippen molar-refractivity contribution in [2.24, 2.45) is 0 Å². The Morgan fingerprint density at radius 1 is 1.40 bits per heavy atom. The summed E-state index contributed by atoms with van der Waals surface area (Å²) in [6, 6.07) is 0. The Kier molecular flexibility index (Phi) is 11.5. The second-order valence-electron chi connectivity index (χ2n) is 0.742. The van der Waals surface area contributed by atoms with Crippen LogP contribution in [0.25, 0.3) is 0 Å². The quantitative estimate of drug-likeness (QED) is 0.309. The summed E-state index contributed by atoms with van der Waals surface area (Å²) in [4.78, 5) is 0. The summed E-state index contributed by atoms with van der Waals surface area (Å²) in [5, 5.41) is 0. The molecule has 0 atom stereocenters. The Balaban J connectivity index is 0. The molecule has 5 heavy (non-hydrogen) atoms. The van der Waals surface area contributed by atoms with E-state index in [1.807, 2.05) is 0 Å². The summed E-state index contributed by atoms with van der Waals surface area (Å²) in [6.45, 7) is 0. The molecule has 0 saturated carbocycles. The molecule has 0 aliphatic carbocycles. The second-order valence-corrected chi connectivity index (χ2v) is 2.22. The van der Waals surface area contributed by atoms with Crippen LogP contribution in [0.5, 0.6) is 0 Å². The first-order valence-corrected chi connectivity index (χ1v) is 2.95. The fraction of sp³-hybridized carbons (Fsp3) is 1.00. The minimum atomic E-state index is -0.611. The second kappa shape index (κ2) is 5.79. The van der Waals surface area contributed by atoms with Crippen molar-refractivity contribution in [3.05, 3.63) is 0 Å². The Bertz CT molecular complexity index is 32.6. The zero-order chi connectivity index (χ0) is 3.58. The van der Waals surface area contributed by atoms with E-state index in [1.165, 1.54) is 0 Å². The van der Waals surface area contributed by atoms with Crippen molar-refractivity contribution in [1.29, 1.82) is 0 Å². The van der Waals surface area contributed by atoms with E-state index in [2.05, 4.69) is 0 Å². The van der Waals surface area contributed by atoms with Crippen LogP contribution in [0, 0.1) is 0 Å². The molecular formula is C2H6KOS+. The molecule has 26 valence electrons. The van der Waals surface area contributed by atoms with E-state index in [0.717, 1.165) is 0 Å². The third-order valence-electron chi connectivity index (χ3n) is 0. The summed E-state index contributed by atoms with van der Waals surface area (Å²) in [7, 11) is -0.611. The van der Waals surface area contributed by atoms with Gasteiger partial charge in [0.25, 0.3) is 0 Å². The first-order chi connectivity index (χ1) is 1.73. The van der Waals surface area contributed by atoms with Crippen molar-refractivity contribution < 1.29 is 55.6 Å². The molecule has 1 nitrogen and oxygen atoms in total. The van der Waals surface area contributed by atoms with Gasteiger partial charge in [0.1, 0.15) is 0 Å². The molecule has 0 aromatic carbocycles. The van der Waals surface area contributed by atoms with E-state index in [0.29, 0.717) is 0 Å². The molecule has 0 aliphatic heterocycles. The van der Waals surface area contributed by atoms with Crippen molar-refractivity contribution in [2.45, 2.75) is 0 Å². The normalized spacial score (nSPS) is 7.00. The molecule has 0 aromatic heterocycles. The molecular weight excluding hydrogens is 111 g/mol. The predicted molar refractivity (Wildman–Crippen MR) is 20.0 cm³/mol. The SMILES string of the molecule is CS(C)=O.[K+]. The van der Waals surface area contributed by atoms with Gasteiger partial charge >= 0.3 is 51.4 Å². The van der Waals surface area contributed by atoms with E-state index in [1.54, 1.807) is 12.5 Å². The third-order valence-corrected chi connectivity index (χ3v) is 0.